The fourth-order valence-electron chi connectivity index (χ4n) is 1.99. The summed E-state index contributed by atoms with van der Waals surface area (Å²) in [6.45, 7) is 5.04. The summed E-state index contributed by atoms with van der Waals surface area (Å²) in [7, 11) is 0. The molecule has 2 heterocycles. The highest BCUT2D eigenvalue weighted by molar-refractivity contribution is 6.29. The molecule has 0 aliphatic carbocycles. The van der Waals surface area contributed by atoms with Crippen LogP contribution in [-0.4, -0.2) is 29.0 Å². The Kier molecular flexibility index (Phi) is 3.24. The second-order valence-corrected chi connectivity index (χ2v) is 4.67. The highest BCUT2D eigenvalue weighted by atomic mass is 35.5. The smallest absolute Gasteiger partial charge is 0.129 e. The van der Waals surface area contributed by atoms with Crippen molar-refractivity contribution < 1.29 is 0 Å². The van der Waals surface area contributed by atoms with Crippen molar-refractivity contribution in [3.05, 3.63) is 29.0 Å². The normalized spacial score (nSPS) is 27.1. The van der Waals surface area contributed by atoms with Crippen molar-refractivity contribution >= 4 is 11.6 Å². The SMILES string of the molecule is CC1CN(Cc2cccc(Cl)n2)CC1N. The number of nitrogens with zero attached hydrogens (tertiary/aromatic N) is 2. The number of halogens is 1. The largest absolute Gasteiger partial charge is 0.326 e. The third-order valence-electron chi connectivity index (χ3n) is 2.90. The van der Waals surface area contributed by atoms with E-state index in [1.807, 2.05) is 12.1 Å². The van der Waals surface area contributed by atoms with Crippen molar-refractivity contribution in [2.24, 2.45) is 11.7 Å². The van der Waals surface area contributed by atoms with Gasteiger partial charge in [-0.1, -0.05) is 24.6 Å². The Hall–Kier alpha value is -0.640. The molecule has 0 aromatic carbocycles. The first-order valence-corrected chi connectivity index (χ1v) is 5.62. The molecule has 1 aliphatic rings. The highest BCUT2D eigenvalue weighted by Gasteiger charge is 2.26. The molecule has 0 bridgehead atoms. The van der Waals surface area contributed by atoms with Gasteiger partial charge in [-0.2, -0.15) is 0 Å². The molecule has 0 amide bonds. The van der Waals surface area contributed by atoms with Gasteiger partial charge in [0.05, 0.1) is 5.69 Å². The molecule has 1 saturated heterocycles. The fourth-order valence-corrected chi connectivity index (χ4v) is 2.17. The monoisotopic (exact) mass is 225 g/mol. The summed E-state index contributed by atoms with van der Waals surface area (Å²) >= 11 is 5.83. The zero-order valence-electron chi connectivity index (χ0n) is 8.86. The van der Waals surface area contributed by atoms with E-state index in [0.717, 1.165) is 25.3 Å². The van der Waals surface area contributed by atoms with E-state index in [0.29, 0.717) is 17.1 Å². The van der Waals surface area contributed by atoms with Crippen molar-refractivity contribution in [1.82, 2.24) is 9.88 Å². The van der Waals surface area contributed by atoms with Crippen LogP contribution >= 0.6 is 11.6 Å². The van der Waals surface area contributed by atoms with E-state index in [4.69, 9.17) is 17.3 Å². The first-order chi connectivity index (χ1) is 7.15. The summed E-state index contributed by atoms with van der Waals surface area (Å²) in [4.78, 5) is 6.60. The molecule has 0 spiro atoms. The third kappa shape index (κ3) is 2.68. The van der Waals surface area contributed by atoms with Crippen molar-refractivity contribution in [2.75, 3.05) is 13.1 Å². The standard InChI is InChI=1S/C11H16ClN3/c1-8-5-15(7-10(8)13)6-9-3-2-4-11(12)14-9/h2-4,8,10H,5-7,13H2,1H3. The first kappa shape index (κ1) is 10.9. The summed E-state index contributed by atoms with van der Waals surface area (Å²) < 4.78 is 0. The summed E-state index contributed by atoms with van der Waals surface area (Å²) in [6, 6.07) is 6.03. The lowest BCUT2D eigenvalue weighted by molar-refractivity contribution is 0.315. The van der Waals surface area contributed by atoms with Crippen LogP contribution in [0.3, 0.4) is 0 Å². The van der Waals surface area contributed by atoms with Gasteiger partial charge in [0.2, 0.25) is 0 Å². The maximum absolute atomic E-state index is 5.96. The van der Waals surface area contributed by atoms with E-state index in [9.17, 15) is 0 Å². The predicted molar refractivity (Wildman–Crippen MR) is 61.7 cm³/mol. The number of hydrogen-bond donors (Lipinski definition) is 1. The van der Waals surface area contributed by atoms with Crippen LogP contribution in [0.15, 0.2) is 18.2 Å². The molecule has 0 radical (unpaired) electrons. The molecule has 3 nitrogen and oxygen atoms in total. The second kappa shape index (κ2) is 4.47. The lowest BCUT2D eigenvalue weighted by Gasteiger charge is -2.14. The molecule has 1 fully saturated rings. The van der Waals surface area contributed by atoms with Crippen LogP contribution in [0.4, 0.5) is 0 Å². The van der Waals surface area contributed by atoms with Crippen LogP contribution < -0.4 is 5.73 Å². The van der Waals surface area contributed by atoms with Crippen LogP contribution in [0.25, 0.3) is 0 Å². The summed E-state index contributed by atoms with van der Waals surface area (Å²) in [5, 5.41) is 0.559. The van der Waals surface area contributed by atoms with Gasteiger partial charge in [-0.05, 0) is 18.1 Å². The van der Waals surface area contributed by atoms with Crippen LogP contribution in [0.2, 0.25) is 5.15 Å². The van der Waals surface area contributed by atoms with Gasteiger partial charge in [0, 0.05) is 25.7 Å². The van der Waals surface area contributed by atoms with Gasteiger partial charge in [0.25, 0.3) is 0 Å². The van der Waals surface area contributed by atoms with Crippen LogP contribution in [0.1, 0.15) is 12.6 Å². The topological polar surface area (TPSA) is 42.2 Å². The summed E-state index contributed by atoms with van der Waals surface area (Å²) in [6.07, 6.45) is 0. The maximum atomic E-state index is 5.96. The fraction of sp³-hybridized carbons (Fsp3) is 0.545. The Morgan fingerprint density at radius 2 is 2.33 bits per heavy atom. The van der Waals surface area contributed by atoms with E-state index in [2.05, 4.69) is 16.8 Å². The van der Waals surface area contributed by atoms with Crippen molar-refractivity contribution in [2.45, 2.75) is 19.5 Å². The molecule has 2 unspecified atom stereocenters. The lowest BCUT2D eigenvalue weighted by atomic mass is 10.1. The average Bonchev–Trinajstić information content (AvgIpc) is 2.45. The molecule has 2 N–H and O–H groups in total. The van der Waals surface area contributed by atoms with Gasteiger partial charge >= 0.3 is 0 Å². The number of nitrogens with two attached hydrogens (primary N) is 1. The molecular formula is C11H16ClN3. The zero-order valence-corrected chi connectivity index (χ0v) is 9.61. The Bertz CT molecular complexity index is 332. The molecule has 2 rings (SSSR count). The van der Waals surface area contributed by atoms with E-state index in [1.54, 1.807) is 6.07 Å². The molecule has 82 valence electrons. The number of rotatable bonds is 2. The second-order valence-electron chi connectivity index (χ2n) is 4.29. The van der Waals surface area contributed by atoms with Gasteiger partial charge in [0.1, 0.15) is 5.15 Å². The van der Waals surface area contributed by atoms with Crippen LogP contribution in [0, 0.1) is 5.92 Å². The maximum Gasteiger partial charge on any atom is 0.129 e. The minimum absolute atomic E-state index is 0.296. The van der Waals surface area contributed by atoms with Gasteiger partial charge in [-0.15, -0.1) is 0 Å². The molecule has 1 aromatic rings. The highest BCUT2D eigenvalue weighted by Crippen LogP contribution is 2.17. The summed E-state index contributed by atoms with van der Waals surface area (Å²) in [5.74, 6) is 0.573. The van der Waals surface area contributed by atoms with Crippen molar-refractivity contribution in [1.29, 1.82) is 0 Å². The number of pyridine rings is 1. The number of aromatic nitrogens is 1. The van der Waals surface area contributed by atoms with Gasteiger partial charge < -0.3 is 5.73 Å². The Balaban J connectivity index is 1.98. The van der Waals surface area contributed by atoms with E-state index >= 15 is 0 Å². The molecule has 1 aromatic heterocycles. The molecule has 2 atom stereocenters. The third-order valence-corrected chi connectivity index (χ3v) is 3.11. The van der Waals surface area contributed by atoms with E-state index < -0.39 is 0 Å². The van der Waals surface area contributed by atoms with Gasteiger partial charge in [0.15, 0.2) is 0 Å². The van der Waals surface area contributed by atoms with Crippen LogP contribution in [-0.2, 0) is 6.54 Å². The van der Waals surface area contributed by atoms with Crippen LogP contribution in [0.5, 0.6) is 0 Å². The zero-order chi connectivity index (χ0) is 10.8. The van der Waals surface area contributed by atoms with E-state index in [1.165, 1.54) is 0 Å². The van der Waals surface area contributed by atoms with Gasteiger partial charge in [-0.25, -0.2) is 4.98 Å². The number of hydrogen-bond acceptors (Lipinski definition) is 3. The van der Waals surface area contributed by atoms with Crippen molar-refractivity contribution in [3.8, 4) is 0 Å². The minimum atomic E-state index is 0.296. The molecular weight excluding hydrogens is 210 g/mol. The van der Waals surface area contributed by atoms with Crippen molar-refractivity contribution in [3.63, 3.8) is 0 Å². The Morgan fingerprint density at radius 3 is 2.93 bits per heavy atom. The number of likely N-dealkylation sites (tertiary alicyclic amines) is 1. The van der Waals surface area contributed by atoms with E-state index in [-0.39, 0.29) is 0 Å². The molecule has 15 heavy (non-hydrogen) atoms. The predicted octanol–water partition coefficient (Wildman–Crippen LogP) is 1.51. The summed E-state index contributed by atoms with van der Waals surface area (Å²) in [5.41, 5.74) is 6.98. The minimum Gasteiger partial charge on any atom is -0.326 e. The van der Waals surface area contributed by atoms with Gasteiger partial charge in [-0.3, -0.25) is 4.90 Å². The molecule has 4 heteroatoms. The Morgan fingerprint density at radius 1 is 1.53 bits per heavy atom. The molecule has 0 saturated carbocycles. The molecule has 1 aliphatic heterocycles. The Labute approximate surface area is 95.2 Å². The quantitative estimate of drug-likeness (QED) is 0.776. The average molecular weight is 226 g/mol. The lowest BCUT2D eigenvalue weighted by Crippen LogP contribution is -2.28. The first-order valence-electron chi connectivity index (χ1n) is 5.24.